The van der Waals surface area contributed by atoms with Crippen LogP contribution in [0.4, 0.5) is 0 Å². The van der Waals surface area contributed by atoms with Gasteiger partial charge in [0.25, 0.3) is 0 Å². The molecule has 0 saturated heterocycles. The van der Waals surface area contributed by atoms with Gasteiger partial charge in [0, 0.05) is 5.92 Å². The molecule has 0 radical (unpaired) electrons. The molecule has 0 aliphatic carbocycles. The summed E-state index contributed by atoms with van der Waals surface area (Å²) in [6.45, 7) is 2.27. The van der Waals surface area contributed by atoms with Crippen LogP contribution in [0.3, 0.4) is 0 Å². The molecule has 2 nitrogen and oxygen atoms in total. The molecule has 0 bridgehead atoms. The smallest absolute Gasteiger partial charge is 0.0681 e. The zero-order valence-corrected chi connectivity index (χ0v) is 10.5. The van der Waals surface area contributed by atoms with Crippen LogP contribution >= 0.6 is 0 Å². The molecular weight excluding hydrogens is 224 g/mol. The fraction of sp³-hybridized carbons (Fsp3) is 0.250. The minimum atomic E-state index is 0.0667. The zero-order valence-electron chi connectivity index (χ0n) is 10.5. The minimum Gasteiger partial charge on any atom is -0.392 e. The van der Waals surface area contributed by atoms with E-state index in [0.29, 0.717) is 0 Å². The summed E-state index contributed by atoms with van der Waals surface area (Å²) >= 11 is 0. The Hall–Kier alpha value is -1.64. The van der Waals surface area contributed by atoms with Crippen LogP contribution in [0.25, 0.3) is 0 Å². The molecule has 0 aromatic heterocycles. The normalized spacial score (nSPS) is 10.9. The number of rotatable bonds is 4. The minimum absolute atomic E-state index is 0.0667. The SMILES string of the molecule is CC(c1cccc(CO)c1)c1cccc(CO)c1. The number of benzene rings is 2. The highest BCUT2D eigenvalue weighted by Crippen LogP contribution is 2.25. The second-order valence-electron chi connectivity index (χ2n) is 4.53. The molecule has 18 heavy (non-hydrogen) atoms. The van der Waals surface area contributed by atoms with Crippen molar-refractivity contribution in [2.24, 2.45) is 0 Å². The van der Waals surface area contributed by atoms with Crippen molar-refractivity contribution in [2.75, 3.05) is 0 Å². The van der Waals surface area contributed by atoms with E-state index in [1.54, 1.807) is 0 Å². The van der Waals surface area contributed by atoms with E-state index >= 15 is 0 Å². The third-order valence-corrected chi connectivity index (χ3v) is 3.27. The molecule has 0 aliphatic rings. The second-order valence-corrected chi connectivity index (χ2v) is 4.53. The van der Waals surface area contributed by atoms with Crippen molar-refractivity contribution in [1.29, 1.82) is 0 Å². The van der Waals surface area contributed by atoms with E-state index in [4.69, 9.17) is 10.2 Å². The summed E-state index contributed by atoms with van der Waals surface area (Å²) in [5.74, 6) is 0.253. The molecule has 0 unspecified atom stereocenters. The van der Waals surface area contributed by atoms with Gasteiger partial charge in [-0.25, -0.2) is 0 Å². The Morgan fingerprint density at radius 3 is 1.67 bits per heavy atom. The van der Waals surface area contributed by atoms with Crippen LogP contribution in [0.5, 0.6) is 0 Å². The standard InChI is InChI=1S/C16H18O2/c1-12(15-6-2-4-13(8-15)10-17)16-7-3-5-14(9-16)11-18/h2-9,12,17-18H,10-11H2,1H3. The lowest BCUT2D eigenvalue weighted by Crippen LogP contribution is -1.98. The Morgan fingerprint density at radius 2 is 1.28 bits per heavy atom. The topological polar surface area (TPSA) is 40.5 Å². The van der Waals surface area contributed by atoms with Crippen LogP contribution in [0.15, 0.2) is 48.5 Å². The van der Waals surface area contributed by atoms with Gasteiger partial charge in [-0.2, -0.15) is 0 Å². The Morgan fingerprint density at radius 1 is 0.833 bits per heavy atom. The maximum atomic E-state index is 9.16. The van der Waals surface area contributed by atoms with E-state index in [9.17, 15) is 0 Å². The first-order valence-electron chi connectivity index (χ1n) is 6.14. The van der Waals surface area contributed by atoms with Crippen LogP contribution in [0.2, 0.25) is 0 Å². The van der Waals surface area contributed by atoms with Crippen molar-refractivity contribution in [3.63, 3.8) is 0 Å². The van der Waals surface area contributed by atoms with Crippen LogP contribution in [0.1, 0.15) is 35.1 Å². The first-order valence-corrected chi connectivity index (χ1v) is 6.14. The maximum absolute atomic E-state index is 9.16. The summed E-state index contributed by atoms with van der Waals surface area (Å²) in [6, 6.07) is 15.9. The molecule has 0 atom stereocenters. The molecule has 0 spiro atoms. The van der Waals surface area contributed by atoms with Gasteiger partial charge in [0.05, 0.1) is 13.2 Å². The maximum Gasteiger partial charge on any atom is 0.0681 e. The van der Waals surface area contributed by atoms with Crippen LogP contribution in [-0.2, 0) is 13.2 Å². The number of hydrogen-bond acceptors (Lipinski definition) is 2. The molecule has 2 aromatic rings. The predicted molar refractivity (Wildman–Crippen MR) is 72.2 cm³/mol. The predicted octanol–water partition coefficient (Wildman–Crippen LogP) is 2.82. The summed E-state index contributed by atoms with van der Waals surface area (Å²) in [5.41, 5.74) is 4.21. The lowest BCUT2D eigenvalue weighted by molar-refractivity contribution is 0.281. The van der Waals surface area contributed by atoms with Gasteiger partial charge in [0.15, 0.2) is 0 Å². The van der Waals surface area contributed by atoms with Gasteiger partial charge in [-0.05, 0) is 22.3 Å². The third-order valence-electron chi connectivity index (χ3n) is 3.27. The van der Waals surface area contributed by atoms with Crippen molar-refractivity contribution < 1.29 is 10.2 Å². The Labute approximate surface area is 108 Å². The molecule has 0 fully saturated rings. The quantitative estimate of drug-likeness (QED) is 0.865. The fourth-order valence-corrected chi connectivity index (χ4v) is 2.11. The number of aliphatic hydroxyl groups excluding tert-OH is 2. The number of aliphatic hydroxyl groups is 2. The third kappa shape index (κ3) is 2.78. The Balaban J connectivity index is 2.31. The largest absolute Gasteiger partial charge is 0.392 e. The Kier molecular flexibility index (Phi) is 4.13. The van der Waals surface area contributed by atoms with E-state index in [-0.39, 0.29) is 19.1 Å². The van der Waals surface area contributed by atoms with Crippen LogP contribution in [0, 0.1) is 0 Å². The van der Waals surface area contributed by atoms with Gasteiger partial charge in [-0.15, -0.1) is 0 Å². The van der Waals surface area contributed by atoms with Crippen molar-refractivity contribution >= 4 is 0 Å². The van der Waals surface area contributed by atoms with Crippen LogP contribution < -0.4 is 0 Å². The summed E-state index contributed by atoms with van der Waals surface area (Å²) in [5, 5.41) is 18.3. The van der Waals surface area contributed by atoms with Gasteiger partial charge in [0.2, 0.25) is 0 Å². The highest BCUT2D eigenvalue weighted by molar-refractivity contribution is 5.35. The lowest BCUT2D eigenvalue weighted by atomic mass is 9.91. The molecule has 0 heterocycles. The average Bonchev–Trinajstić information content (AvgIpc) is 2.46. The molecule has 2 heteroatoms. The zero-order chi connectivity index (χ0) is 13.0. The highest BCUT2D eigenvalue weighted by atomic mass is 16.3. The fourth-order valence-electron chi connectivity index (χ4n) is 2.11. The van der Waals surface area contributed by atoms with Crippen molar-refractivity contribution in [1.82, 2.24) is 0 Å². The molecule has 2 N–H and O–H groups in total. The molecule has 2 rings (SSSR count). The van der Waals surface area contributed by atoms with E-state index in [0.717, 1.165) is 11.1 Å². The molecule has 0 aliphatic heterocycles. The molecular formula is C16H18O2. The molecule has 2 aromatic carbocycles. The van der Waals surface area contributed by atoms with E-state index in [2.05, 4.69) is 19.1 Å². The Bertz CT molecular complexity index is 473. The van der Waals surface area contributed by atoms with Crippen LogP contribution in [-0.4, -0.2) is 10.2 Å². The van der Waals surface area contributed by atoms with Gasteiger partial charge in [0.1, 0.15) is 0 Å². The van der Waals surface area contributed by atoms with Gasteiger partial charge >= 0.3 is 0 Å². The molecule has 94 valence electrons. The lowest BCUT2D eigenvalue weighted by Gasteiger charge is -2.14. The molecule has 0 saturated carbocycles. The van der Waals surface area contributed by atoms with Gasteiger partial charge in [-0.1, -0.05) is 55.5 Å². The second kappa shape index (κ2) is 5.80. The monoisotopic (exact) mass is 242 g/mol. The summed E-state index contributed by atoms with van der Waals surface area (Å²) in [4.78, 5) is 0. The first kappa shape index (κ1) is 12.8. The van der Waals surface area contributed by atoms with Crippen molar-refractivity contribution in [3.05, 3.63) is 70.8 Å². The van der Waals surface area contributed by atoms with Crippen molar-refractivity contribution in [3.8, 4) is 0 Å². The average molecular weight is 242 g/mol. The van der Waals surface area contributed by atoms with Gasteiger partial charge < -0.3 is 10.2 Å². The van der Waals surface area contributed by atoms with E-state index < -0.39 is 0 Å². The summed E-state index contributed by atoms with van der Waals surface area (Å²) < 4.78 is 0. The highest BCUT2D eigenvalue weighted by Gasteiger charge is 2.09. The van der Waals surface area contributed by atoms with E-state index in [1.165, 1.54) is 11.1 Å². The first-order chi connectivity index (χ1) is 8.74. The van der Waals surface area contributed by atoms with Crippen molar-refractivity contribution in [2.45, 2.75) is 26.1 Å². The summed E-state index contributed by atoms with van der Waals surface area (Å²) in [6.07, 6.45) is 0. The summed E-state index contributed by atoms with van der Waals surface area (Å²) in [7, 11) is 0. The number of hydrogen-bond donors (Lipinski definition) is 2. The van der Waals surface area contributed by atoms with Gasteiger partial charge in [-0.3, -0.25) is 0 Å². The molecule has 0 amide bonds. The van der Waals surface area contributed by atoms with E-state index in [1.807, 2.05) is 36.4 Å².